The van der Waals surface area contributed by atoms with Crippen LogP contribution >= 0.6 is 7.26 Å². The lowest BCUT2D eigenvalue weighted by atomic mass is 9.96. The molecule has 0 unspecified atom stereocenters. The molecule has 0 atom stereocenters. The summed E-state index contributed by atoms with van der Waals surface area (Å²) in [4.78, 5) is 11.4. The van der Waals surface area contributed by atoms with Gasteiger partial charge < -0.3 is 35.9 Å². The van der Waals surface area contributed by atoms with E-state index in [2.05, 4.69) is 121 Å². The smallest absolute Gasteiger partial charge is 0.150 e. The standard InChI is InChI=1S/C49H44O5P.BrH/c1-51-40-26-29-47(54-41-15-13-14-37(30-41)34-50)39(33-40)25-22-36-23-27-48(52-2)45(31-36)46-32-38(24-28-49(46)53-3)35-55(42-16-7-4-8-17-42,43-18-9-5-10-19-43)44-20-11-6-12-21-44;/h4-21,23-24,26-34H,22,25,35H2,1-3H3;1H/q+1;/p-1. The number of hydrogen-bond donors (Lipinski definition) is 0. The summed E-state index contributed by atoms with van der Waals surface area (Å²) < 4.78 is 23.9. The number of halogens is 1. The Morgan fingerprint density at radius 1 is 0.482 bits per heavy atom. The molecule has 0 radical (unpaired) electrons. The molecule has 56 heavy (non-hydrogen) atoms. The zero-order chi connectivity index (χ0) is 38.0. The molecule has 0 fully saturated rings. The normalized spacial score (nSPS) is 10.9. The third-order valence-electron chi connectivity index (χ3n) is 10.0. The SMILES string of the molecule is COc1ccc(Oc2cccc(C=O)c2)c(CCc2ccc(OC)c(-c3cc(C[P+](c4ccccc4)(c4ccccc4)c4ccccc4)ccc3OC)c2)c1.[Br-]. The summed E-state index contributed by atoms with van der Waals surface area (Å²) in [5.41, 5.74) is 5.85. The molecule has 7 rings (SSSR count). The van der Waals surface area contributed by atoms with Gasteiger partial charge >= 0.3 is 0 Å². The van der Waals surface area contributed by atoms with Crippen LogP contribution in [0.15, 0.2) is 170 Å². The molecule has 0 aromatic heterocycles. The van der Waals surface area contributed by atoms with Crippen LogP contribution in [0.2, 0.25) is 0 Å². The van der Waals surface area contributed by atoms with Gasteiger partial charge in [-0.2, -0.15) is 0 Å². The molecule has 0 heterocycles. The molecule has 0 aliphatic rings. The van der Waals surface area contributed by atoms with E-state index in [0.29, 0.717) is 23.5 Å². The Morgan fingerprint density at radius 3 is 1.55 bits per heavy atom. The Labute approximate surface area is 341 Å². The minimum absolute atomic E-state index is 0. The number of hydrogen-bond acceptors (Lipinski definition) is 5. The third-order valence-corrected chi connectivity index (χ3v) is 14.4. The van der Waals surface area contributed by atoms with Crippen molar-refractivity contribution in [2.24, 2.45) is 0 Å². The molecule has 5 nitrogen and oxygen atoms in total. The molecule has 0 bridgehead atoms. The molecule has 0 spiro atoms. The van der Waals surface area contributed by atoms with Crippen molar-refractivity contribution in [2.45, 2.75) is 19.0 Å². The summed E-state index contributed by atoms with van der Waals surface area (Å²) in [5.74, 6) is 3.63. The quantitative estimate of drug-likeness (QED) is 0.0806. The molecule has 0 aliphatic carbocycles. The lowest BCUT2D eigenvalue weighted by Gasteiger charge is -2.28. The van der Waals surface area contributed by atoms with E-state index in [1.807, 2.05) is 36.4 Å². The molecular weight excluding hydrogens is 779 g/mol. The highest BCUT2D eigenvalue weighted by Gasteiger charge is 2.45. The fourth-order valence-corrected chi connectivity index (χ4v) is 11.5. The zero-order valence-electron chi connectivity index (χ0n) is 31.7. The molecule has 0 saturated heterocycles. The van der Waals surface area contributed by atoms with E-state index in [9.17, 15) is 4.79 Å². The highest BCUT2D eigenvalue weighted by molar-refractivity contribution is 7.95. The molecule has 0 aliphatic heterocycles. The maximum absolute atomic E-state index is 11.4. The van der Waals surface area contributed by atoms with E-state index in [1.54, 1.807) is 33.5 Å². The van der Waals surface area contributed by atoms with Crippen LogP contribution in [0.25, 0.3) is 11.1 Å². The van der Waals surface area contributed by atoms with Crippen LogP contribution in [-0.4, -0.2) is 27.6 Å². The van der Waals surface area contributed by atoms with Gasteiger partial charge in [-0.15, -0.1) is 0 Å². The third kappa shape index (κ3) is 8.73. The summed E-state index contributed by atoms with van der Waals surface area (Å²) >= 11 is 0. The van der Waals surface area contributed by atoms with Crippen LogP contribution in [0.1, 0.15) is 27.0 Å². The fraction of sp³-hybridized carbons (Fsp3) is 0.122. The van der Waals surface area contributed by atoms with E-state index >= 15 is 0 Å². The van der Waals surface area contributed by atoms with Gasteiger partial charge in [-0.05, 0) is 121 Å². The van der Waals surface area contributed by atoms with Gasteiger partial charge in [-0.1, -0.05) is 78.9 Å². The predicted octanol–water partition coefficient (Wildman–Crippen LogP) is 7.27. The van der Waals surface area contributed by atoms with Crippen LogP contribution < -0.4 is 51.8 Å². The number of methoxy groups -OCH3 is 3. The molecule has 7 aromatic carbocycles. The number of benzene rings is 7. The number of ether oxygens (including phenoxy) is 4. The Bertz CT molecular complexity index is 2270. The maximum Gasteiger partial charge on any atom is 0.150 e. The lowest BCUT2D eigenvalue weighted by Crippen LogP contribution is -3.00. The second-order valence-corrected chi connectivity index (χ2v) is 16.8. The second kappa shape index (κ2) is 18.8. The first-order valence-electron chi connectivity index (χ1n) is 18.3. The van der Waals surface area contributed by atoms with Crippen molar-refractivity contribution in [1.29, 1.82) is 0 Å². The molecular formula is C49H44BrO5P. The maximum atomic E-state index is 11.4. The van der Waals surface area contributed by atoms with Crippen LogP contribution in [0, 0.1) is 0 Å². The minimum atomic E-state index is -2.14. The van der Waals surface area contributed by atoms with Crippen molar-refractivity contribution in [1.82, 2.24) is 0 Å². The summed E-state index contributed by atoms with van der Waals surface area (Å²) in [6.45, 7) is 0. The summed E-state index contributed by atoms with van der Waals surface area (Å²) in [7, 11) is 2.96. The fourth-order valence-electron chi connectivity index (χ4n) is 7.26. The average molecular weight is 824 g/mol. The monoisotopic (exact) mass is 822 g/mol. The molecule has 282 valence electrons. The van der Waals surface area contributed by atoms with Gasteiger partial charge in [0.15, 0.2) is 0 Å². The first-order chi connectivity index (χ1) is 27.0. The molecule has 7 heteroatoms. The van der Waals surface area contributed by atoms with Gasteiger partial charge in [0, 0.05) is 16.7 Å². The number of rotatable bonds is 15. The first-order valence-corrected chi connectivity index (χ1v) is 20.3. The molecule has 7 aromatic rings. The highest BCUT2D eigenvalue weighted by Crippen LogP contribution is 2.58. The Morgan fingerprint density at radius 2 is 1.02 bits per heavy atom. The second-order valence-electron chi connectivity index (χ2n) is 13.3. The van der Waals surface area contributed by atoms with Crippen LogP contribution in [-0.2, 0) is 19.0 Å². The van der Waals surface area contributed by atoms with Gasteiger partial charge in [0.25, 0.3) is 0 Å². The van der Waals surface area contributed by atoms with E-state index in [4.69, 9.17) is 18.9 Å². The summed E-state index contributed by atoms with van der Waals surface area (Å²) in [6, 6.07) is 58.8. The van der Waals surface area contributed by atoms with E-state index in [1.165, 1.54) is 21.5 Å². The van der Waals surface area contributed by atoms with Crippen LogP contribution in [0.4, 0.5) is 0 Å². The Kier molecular flexibility index (Phi) is 13.4. The topological polar surface area (TPSA) is 54.0 Å². The predicted molar refractivity (Wildman–Crippen MR) is 226 cm³/mol. The van der Waals surface area contributed by atoms with Crippen molar-refractivity contribution >= 4 is 29.5 Å². The van der Waals surface area contributed by atoms with Crippen LogP contribution in [0.5, 0.6) is 28.7 Å². The van der Waals surface area contributed by atoms with E-state index in [0.717, 1.165) is 58.4 Å². The lowest BCUT2D eigenvalue weighted by molar-refractivity contribution is -0.0000183. The number of aryl methyl sites for hydroxylation is 2. The van der Waals surface area contributed by atoms with E-state index in [-0.39, 0.29) is 17.0 Å². The van der Waals surface area contributed by atoms with Crippen molar-refractivity contribution in [2.75, 3.05) is 21.3 Å². The number of aldehydes is 1. The van der Waals surface area contributed by atoms with E-state index < -0.39 is 7.26 Å². The van der Waals surface area contributed by atoms with Gasteiger partial charge in [0.1, 0.15) is 58.2 Å². The Hall–Kier alpha value is -5.68. The molecule has 0 saturated carbocycles. The van der Waals surface area contributed by atoms with Crippen molar-refractivity contribution < 1.29 is 40.7 Å². The van der Waals surface area contributed by atoms with Crippen molar-refractivity contribution in [3.63, 3.8) is 0 Å². The Balaban J connectivity index is 0.00000532. The van der Waals surface area contributed by atoms with Crippen molar-refractivity contribution in [3.05, 3.63) is 192 Å². The number of carbonyl (C=O) groups excluding carboxylic acids is 1. The first kappa shape index (κ1) is 40.0. The average Bonchev–Trinajstić information content (AvgIpc) is 3.26. The van der Waals surface area contributed by atoms with Gasteiger partial charge in [0.05, 0.1) is 27.5 Å². The minimum Gasteiger partial charge on any atom is -1.00 e. The highest BCUT2D eigenvalue weighted by atomic mass is 79.9. The van der Waals surface area contributed by atoms with Gasteiger partial charge in [-0.3, -0.25) is 4.79 Å². The van der Waals surface area contributed by atoms with Crippen molar-refractivity contribution in [3.8, 4) is 39.9 Å². The number of carbonyl (C=O) groups is 1. The zero-order valence-corrected chi connectivity index (χ0v) is 34.2. The molecule has 0 N–H and O–H groups in total. The van der Waals surface area contributed by atoms with Gasteiger partial charge in [0.2, 0.25) is 0 Å². The summed E-state index contributed by atoms with van der Waals surface area (Å²) in [5, 5.41) is 4.00. The molecule has 0 amide bonds. The van der Waals surface area contributed by atoms with Gasteiger partial charge in [-0.25, -0.2) is 0 Å². The largest absolute Gasteiger partial charge is 1.00 e. The van der Waals surface area contributed by atoms with Crippen LogP contribution in [0.3, 0.4) is 0 Å². The summed E-state index contributed by atoms with van der Waals surface area (Å²) in [6.07, 6.45) is 3.09.